The van der Waals surface area contributed by atoms with E-state index in [1.54, 1.807) is 47.4 Å². The molecule has 2 aromatic heterocycles. The summed E-state index contributed by atoms with van der Waals surface area (Å²) in [5.74, 6) is -0.614. The van der Waals surface area contributed by atoms with Gasteiger partial charge < -0.3 is 0 Å². The van der Waals surface area contributed by atoms with E-state index in [4.69, 9.17) is 23.2 Å². The molecule has 7 nitrogen and oxygen atoms in total. The van der Waals surface area contributed by atoms with E-state index in [1.807, 2.05) is 6.08 Å². The lowest BCUT2D eigenvalue weighted by Gasteiger charge is -2.44. The van der Waals surface area contributed by atoms with Gasteiger partial charge in [-0.3, -0.25) is 9.78 Å². The lowest BCUT2D eigenvalue weighted by molar-refractivity contribution is 0.0770. The van der Waals surface area contributed by atoms with Crippen molar-refractivity contribution in [2.75, 3.05) is 13.1 Å². The van der Waals surface area contributed by atoms with Crippen LogP contribution < -0.4 is 0 Å². The van der Waals surface area contributed by atoms with Crippen molar-refractivity contribution in [3.8, 4) is 5.69 Å². The minimum atomic E-state index is -3.99. The second-order valence-electron chi connectivity index (χ2n) is 9.58. The number of halogens is 3. The zero-order valence-corrected chi connectivity index (χ0v) is 22.7. The topological polar surface area (TPSA) is 85.2 Å². The summed E-state index contributed by atoms with van der Waals surface area (Å²) < 4.78 is 44.0. The summed E-state index contributed by atoms with van der Waals surface area (Å²) in [5, 5.41) is 4.89. The number of nitrogens with zero attached hydrogens (tertiary/aromatic N) is 4. The molecule has 4 aromatic rings. The van der Waals surface area contributed by atoms with Gasteiger partial charge in [-0.15, -0.1) is 0 Å². The van der Waals surface area contributed by atoms with Gasteiger partial charge in [-0.1, -0.05) is 34.8 Å². The van der Waals surface area contributed by atoms with Crippen LogP contribution in [0.2, 0.25) is 10.0 Å². The van der Waals surface area contributed by atoms with E-state index in [-0.39, 0.29) is 51.7 Å². The van der Waals surface area contributed by atoms with Crippen molar-refractivity contribution < 1.29 is 17.6 Å². The number of carbonyl (C=O) groups is 1. The number of fused-ring (bicyclic) bond motifs is 2. The molecule has 0 bridgehead atoms. The molecule has 3 heterocycles. The monoisotopic (exact) mass is 582 g/mol. The Morgan fingerprint density at radius 3 is 2.54 bits per heavy atom. The molecule has 0 radical (unpaired) electrons. The van der Waals surface area contributed by atoms with E-state index in [9.17, 15) is 17.6 Å². The second-order valence-corrected chi connectivity index (χ2v) is 12.3. The van der Waals surface area contributed by atoms with Crippen LogP contribution in [-0.2, 0) is 16.4 Å². The first-order valence-corrected chi connectivity index (χ1v) is 14.3. The number of piperidine rings is 1. The number of pyridine rings is 1. The molecule has 1 fully saturated rings. The Labute approximate surface area is 234 Å². The summed E-state index contributed by atoms with van der Waals surface area (Å²) in [6.45, 7) is 0.101. The van der Waals surface area contributed by atoms with Crippen molar-refractivity contribution >= 4 is 45.1 Å². The van der Waals surface area contributed by atoms with Crippen LogP contribution in [0.5, 0.6) is 0 Å². The first-order chi connectivity index (χ1) is 18.7. The SMILES string of the molecule is O=C(c1ccccn1)C12Cc3cnn(-c4ccc(F)cc4)c3C=C1CCN(S(=O)(=O)c1ccc(Cl)c(Cl)c1)C2. The zero-order chi connectivity index (χ0) is 27.4. The predicted octanol–water partition coefficient (Wildman–Crippen LogP) is 5.62. The van der Waals surface area contributed by atoms with Gasteiger partial charge >= 0.3 is 0 Å². The van der Waals surface area contributed by atoms with Gasteiger partial charge in [0, 0.05) is 19.3 Å². The summed E-state index contributed by atoms with van der Waals surface area (Å²) in [6.07, 6.45) is 5.69. The Kier molecular flexibility index (Phi) is 6.42. The van der Waals surface area contributed by atoms with Gasteiger partial charge in [0.15, 0.2) is 5.78 Å². The smallest absolute Gasteiger partial charge is 0.243 e. The predicted molar refractivity (Wildman–Crippen MR) is 146 cm³/mol. The Balaban J connectivity index is 1.45. The molecule has 1 aliphatic carbocycles. The first-order valence-electron chi connectivity index (χ1n) is 12.1. The van der Waals surface area contributed by atoms with Crippen molar-refractivity contribution in [1.82, 2.24) is 19.1 Å². The standard InChI is InChI=1S/C28H21Cl2FN4O3S/c29-23-9-8-22(14-24(23)30)39(37,38)34-12-10-19-13-26-18(16-33-35(26)21-6-4-20(31)5-7-21)15-28(19,17-34)27(36)25-3-1-2-11-32-25/h1-9,11,13-14,16H,10,12,15,17H2. The third kappa shape index (κ3) is 4.39. The van der Waals surface area contributed by atoms with Crippen molar-refractivity contribution in [1.29, 1.82) is 0 Å². The van der Waals surface area contributed by atoms with Crippen molar-refractivity contribution in [3.63, 3.8) is 0 Å². The second kappa shape index (κ2) is 9.67. The number of ketones is 1. The van der Waals surface area contributed by atoms with Gasteiger partial charge in [-0.25, -0.2) is 17.5 Å². The van der Waals surface area contributed by atoms with Gasteiger partial charge in [0.05, 0.1) is 37.9 Å². The lowest BCUT2D eigenvalue weighted by atomic mass is 9.65. The number of rotatable bonds is 5. The average molecular weight is 583 g/mol. The fourth-order valence-corrected chi connectivity index (χ4v) is 7.23. The number of benzene rings is 2. The summed E-state index contributed by atoms with van der Waals surface area (Å²) in [6, 6.07) is 15.3. The van der Waals surface area contributed by atoms with E-state index < -0.39 is 15.4 Å². The highest BCUT2D eigenvalue weighted by Crippen LogP contribution is 2.47. The molecule has 0 spiro atoms. The molecule has 0 amide bonds. The third-order valence-corrected chi connectivity index (χ3v) is 9.89. The van der Waals surface area contributed by atoms with Crippen LogP contribution >= 0.6 is 23.2 Å². The number of aromatic nitrogens is 3. The van der Waals surface area contributed by atoms with Gasteiger partial charge in [-0.2, -0.15) is 9.40 Å². The summed E-state index contributed by atoms with van der Waals surface area (Å²) in [4.78, 5) is 18.5. The number of sulfonamides is 1. The number of carbonyl (C=O) groups excluding carboxylic acids is 1. The minimum Gasteiger partial charge on any atom is -0.291 e. The molecule has 2 aliphatic rings. The van der Waals surface area contributed by atoms with E-state index in [2.05, 4.69) is 10.1 Å². The normalized spacial score (nSPS) is 19.2. The maximum Gasteiger partial charge on any atom is 0.243 e. The molecule has 0 saturated carbocycles. The molecule has 1 unspecified atom stereocenters. The van der Waals surface area contributed by atoms with E-state index >= 15 is 0 Å². The molecule has 1 atom stereocenters. The maximum absolute atomic E-state index is 14.2. The van der Waals surface area contributed by atoms with Crippen LogP contribution in [0.3, 0.4) is 0 Å². The zero-order valence-electron chi connectivity index (χ0n) is 20.4. The molecule has 1 aliphatic heterocycles. The van der Waals surface area contributed by atoms with E-state index in [1.165, 1.54) is 34.6 Å². The molecule has 11 heteroatoms. The van der Waals surface area contributed by atoms with E-state index in [0.29, 0.717) is 12.1 Å². The Bertz CT molecular complexity index is 1740. The van der Waals surface area contributed by atoms with Crippen LogP contribution in [0.15, 0.2) is 83.5 Å². The minimum absolute atomic E-state index is 0.00499. The van der Waals surface area contributed by atoms with Gasteiger partial charge in [0.2, 0.25) is 10.0 Å². The van der Waals surface area contributed by atoms with Gasteiger partial charge in [0.1, 0.15) is 11.5 Å². The van der Waals surface area contributed by atoms with Gasteiger partial charge in [0.25, 0.3) is 0 Å². The number of hydrogen-bond acceptors (Lipinski definition) is 5. The number of hydrogen-bond donors (Lipinski definition) is 0. The molecule has 198 valence electrons. The van der Waals surface area contributed by atoms with Crippen molar-refractivity contribution in [2.45, 2.75) is 17.7 Å². The molecule has 2 aromatic carbocycles. The summed E-state index contributed by atoms with van der Waals surface area (Å²) in [7, 11) is -3.99. The molecule has 1 saturated heterocycles. The van der Waals surface area contributed by atoms with Crippen LogP contribution in [0, 0.1) is 11.2 Å². The third-order valence-electron chi connectivity index (χ3n) is 7.31. The number of Topliss-reactive ketones (excluding diaryl/α,β-unsaturated/α-hetero) is 1. The average Bonchev–Trinajstić information content (AvgIpc) is 3.35. The molecular weight excluding hydrogens is 562 g/mol. The van der Waals surface area contributed by atoms with Crippen molar-refractivity contribution in [3.05, 3.63) is 111 Å². The fraction of sp³-hybridized carbons (Fsp3) is 0.179. The van der Waals surface area contributed by atoms with Gasteiger partial charge in [-0.05, 0) is 79.1 Å². The van der Waals surface area contributed by atoms with Crippen LogP contribution in [-0.4, -0.2) is 46.4 Å². The Hall–Kier alpha value is -3.37. The summed E-state index contributed by atoms with van der Waals surface area (Å²) >= 11 is 12.1. The van der Waals surface area contributed by atoms with Crippen LogP contribution in [0.4, 0.5) is 4.39 Å². The largest absolute Gasteiger partial charge is 0.291 e. The van der Waals surface area contributed by atoms with Crippen LogP contribution in [0.25, 0.3) is 11.8 Å². The van der Waals surface area contributed by atoms with Crippen LogP contribution in [0.1, 0.15) is 28.2 Å². The quantitative estimate of drug-likeness (QED) is 0.285. The first kappa shape index (κ1) is 25.9. The highest BCUT2D eigenvalue weighted by Gasteiger charge is 2.51. The van der Waals surface area contributed by atoms with Crippen molar-refractivity contribution in [2.24, 2.45) is 5.41 Å². The molecule has 6 rings (SSSR count). The Morgan fingerprint density at radius 1 is 1.03 bits per heavy atom. The fourth-order valence-electron chi connectivity index (χ4n) is 5.34. The molecule has 39 heavy (non-hydrogen) atoms. The highest BCUT2D eigenvalue weighted by molar-refractivity contribution is 7.89. The molecule has 0 N–H and O–H groups in total. The summed E-state index contributed by atoms with van der Waals surface area (Å²) in [5.41, 5.74) is 2.11. The van der Waals surface area contributed by atoms with E-state index in [0.717, 1.165) is 16.8 Å². The molecular formula is C28H21Cl2FN4O3S. The maximum atomic E-state index is 14.2. The highest BCUT2D eigenvalue weighted by atomic mass is 35.5. The lowest BCUT2D eigenvalue weighted by Crippen LogP contribution is -2.53. The Morgan fingerprint density at radius 2 is 1.82 bits per heavy atom.